The minimum atomic E-state index is 0.163. The zero-order valence-electron chi connectivity index (χ0n) is 9.64. The van der Waals surface area contributed by atoms with Crippen molar-refractivity contribution < 1.29 is 5.21 Å². The molecule has 88 valence electrons. The molecular formula is C11H18N4O. The number of hydrogen-bond acceptors (Lipinski definition) is 4. The number of amidine groups is 1. The van der Waals surface area contributed by atoms with Gasteiger partial charge in [-0.2, -0.15) is 0 Å². The summed E-state index contributed by atoms with van der Waals surface area (Å²) in [5.41, 5.74) is 7.79. The molecule has 1 unspecified atom stereocenters. The molecule has 1 rings (SSSR count). The fraction of sp³-hybridized carbons (Fsp3) is 0.455. The zero-order chi connectivity index (χ0) is 12.0. The van der Waals surface area contributed by atoms with Crippen molar-refractivity contribution >= 4 is 5.84 Å². The molecule has 0 amide bonds. The van der Waals surface area contributed by atoms with E-state index in [0.29, 0.717) is 6.42 Å². The summed E-state index contributed by atoms with van der Waals surface area (Å²) in [6.07, 6.45) is 4.15. The Morgan fingerprint density at radius 2 is 2.44 bits per heavy atom. The van der Waals surface area contributed by atoms with Gasteiger partial charge in [-0.05, 0) is 31.0 Å². The molecule has 0 fully saturated rings. The van der Waals surface area contributed by atoms with E-state index >= 15 is 0 Å². The van der Waals surface area contributed by atoms with Gasteiger partial charge in [0.15, 0.2) is 0 Å². The van der Waals surface area contributed by atoms with Gasteiger partial charge in [-0.25, -0.2) is 0 Å². The molecule has 0 aliphatic rings. The standard InChI is InChI=1S/C11H18N4O/c1-8-3-4-13-6-10(8)7-14-9(2)5-11(12)15-16/h3-4,6,9,14,16H,5,7H2,1-2H3,(H2,12,15). The molecule has 1 atom stereocenters. The van der Waals surface area contributed by atoms with Crippen molar-refractivity contribution in [1.82, 2.24) is 10.3 Å². The average molecular weight is 222 g/mol. The smallest absolute Gasteiger partial charge is 0.140 e. The molecule has 5 nitrogen and oxygen atoms in total. The zero-order valence-corrected chi connectivity index (χ0v) is 9.64. The number of nitrogens with one attached hydrogen (secondary N) is 1. The van der Waals surface area contributed by atoms with Gasteiger partial charge < -0.3 is 16.3 Å². The lowest BCUT2D eigenvalue weighted by Gasteiger charge is -2.13. The monoisotopic (exact) mass is 222 g/mol. The van der Waals surface area contributed by atoms with Gasteiger partial charge in [-0.3, -0.25) is 4.98 Å². The first-order chi connectivity index (χ1) is 7.63. The SMILES string of the molecule is Cc1ccncc1CNC(C)C/C(N)=N/O. The van der Waals surface area contributed by atoms with Crippen LogP contribution in [0.5, 0.6) is 0 Å². The van der Waals surface area contributed by atoms with Crippen LogP contribution in [0.2, 0.25) is 0 Å². The highest BCUT2D eigenvalue weighted by atomic mass is 16.4. The summed E-state index contributed by atoms with van der Waals surface area (Å²) in [7, 11) is 0. The highest BCUT2D eigenvalue weighted by Gasteiger charge is 2.05. The molecule has 0 radical (unpaired) electrons. The molecule has 1 aromatic heterocycles. The molecule has 0 aliphatic carbocycles. The third-order valence-electron chi connectivity index (χ3n) is 2.43. The van der Waals surface area contributed by atoms with Crippen LogP contribution in [0.3, 0.4) is 0 Å². The van der Waals surface area contributed by atoms with Gasteiger partial charge in [0.05, 0.1) is 0 Å². The van der Waals surface area contributed by atoms with Crippen LogP contribution in [0, 0.1) is 6.92 Å². The third-order valence-corrected chi connectivity index (χ3v) is 2.43. The van der Waals surface area contributed by atoms with Crippen LogP contribution >= 0.6 is 0 Å². The molecule has 0 aliphatic heterocycles. The van der Waals surface area contributed by atoms with Crippen molar-refractivity contribution in [3.63, 3.8) is 0 Å². The number of hydrogen-bond donors (Lipinski definition) is 3. The van der Waals surface area contributed by atoms with E-state index < -0.39 is 0 Å². The molecule has 1 heterocycles. The van der Waals surface area contributed by atoms with Crippen molar-refractivity contribution in [3.8, 4) is 0 Å². The lowest BCUT2D eigenvalue weighted by Crippen LogP contribution is -2.30. The number of rotatable bonds is 5. The Morgan fingerprint density at radius 1 is 1.69 bits per heavy atom. The van der Waals surface area contributed by atoms with Crippen LogP contribution < -0.4 is 11.1 Å². The quantitative estimate of drug-likeness (QED) is 0.300. The molecule has 4 N–H and O–H groups in total. The summed E-state index contributed by atoms with van der Waals surface area (Å²) in [5.74, 6) is 0.239. The summed E-state index contributed by atoms with van der Waals surface area (Å²) < 4.78 is 0. The Hall–Kier alpha value is -1.62. The second-order valence-corrected chi connectivity index (χ2v) is 3.88. The first kappa shape index (κ1) is 12.4. The number of oxime groups is 1. The Kier molecular flexibility index (Phi) is 4.72. The Balaban J connectivity index is 2.43. The van der Waals surface area contributed by atoms with E-state index in [9.17, 15) is 0 Å². The number of pyridine rings is 1. The van der Waals surface area contributed by atoms with E-state index in [1.54, 1.807) is 6.20 Å². The molecule has 0 spiro atoms. The Morgan fingerprint density at radius 3 is 3.06 bits per heavy atom. The number of aryl methyl sites for hydroxylation is 1. The second kappa shape index (κ2) is 6.07. The maximum atomic E-state index is 8.44. The minimum absolute atomic E-state index is 0.163. The fourth-order valence-electron chi connectivity index (χ4n) is 1.39. The van der Waals surface area contributed by atoms with Crippen molar-refractivity contribution in [2.45, 2.75) is 32.9 Å². The van der Waals surface area contributed by atoms with E-state index in [-0.39, 0.29) is 11.9 Å². The topological polar surface area (TPSA) is 83.5 Å². The Bertz CT molecular complexity index is 365. The van der Waals surface area contributed by atoms with Crippen LogP contribution in [-0.4, -0.2) is 22.1 Å². The predicted molar refractivity (Wildman–Crippen MR) is 63.3 cm³/mol. The van der Waals surface area contributed by atoms with E-state index in [1.807, 2.05) is 26.1 Å². The number of nitrogens with zero attached hydrogens (tertiary/aromatic N) is 2. The number of nitrogens with two attached hydrogens (primary N) is 1. The van der Waals surface area contributed by atoms with Crippen molar-refractivity contribution in [2.24, 2.45) is 10.9 Å². The lowest BCUT2D eigenvalue weighted by atomic mass is 10.1. The molecule has 1 aromatic rings. The van der Waals surface area contributed by atoms with Gasteiger partial charge in [0.2, 0.25) is 0 Å². The highest BCUT2D eigenvalue weighted by Crippen LogP contribution is 2.05. The molecular weight excluding hydrogens is 204 g/mol. The van der Waals surface area contributed by atoms with Gasteiger partial charge in [-0.1, -0.05) is 5.16 Å². The first-order valence-electron chi connectivity index (χ1n) is 5.22. The lowest BCUT2D eigenvalue weighted by molar-refractivity contribution is 0.316. The average Bonchev–Trinajstić information content (AvgIpc) is 2.28. The van der Waals surface area contributed by atoms with E-state index in [2.05, 4.69) is 15.5 Å². The highest BCUT2D eigenvalue weighted by molar-refractivity contribution is 5.80. The van der Waals surface area contributed by atoms with Crippen molar-refractivity contribution in [2.75, 3.05) is 0 Å². The third kappa shape index (κ3) is 3.86. The van der Waals surface area contributed by atoms with Crippen LogP contribution in [-0.2, 0) is 6.54 Å². The van der Waals surface area contributed by atoms with Crippen molar-refractivity contribution in [1.29, 1.82) is 0 Å². The van der Waals surface area contributed by atoms with Crippen LogP contribution in [0.4, 0.5) is 0 Å². The largest absolute Gasteiger partial charge is 0.409 e. The summed E-state index contributed by atoms with van der Waals surface area (Å²) in [6.45, 7) is 4.77. The summed E-state index contributed by atoms with van der Waals surface area (Å²) >= 11 is 0. The minimum Gasteiger partial charge on any atom is -0.409 e. The van der Waals surface area contributed by atoms with E-state index in [4.69, 9.17) is 10.9 Å². The molecule has 5 heteroatoms. The first-order valence-corrected chi connectivity index (χ1v) is 5.22. The van der Waals surface area contributed by atoms with Crippen LogP contribution in [0.15, 0.2) is 23.6 Å². The fourth-order valence-corrected chi connectivity index (χ4v) is 1.39. The summed E-state index contributed by atoms with van der Waals surface area (Å²) in [6, 6.07) is 2.14. The second-order valence-electron chi connectivity index (χ2n) is 3.88. The van der Waals surface area contributed by atoms with E-state index in [1.165, 1.54) is 5.56 Å². The van der Waals surface area contributed by atoms with Crippen LogP contribution in [0.1, 0.15) is 24.5 Å². The van der Waals surface area contributed by atoms with Gasteiger partial charge in [0.25, 0.3) is 0 Å². The molecule has 16 heavy (non-hydrogen) atoms. The maximum absolute atomic E-state index is 8.44. The van der Waals surface area contributed by atoms with Gasteiger partial charge >= 0.3 is 0 Å². The summed E-state index contributed by atoms with van der Waals surface area (Å²) in [5, 5.41) is 14.7. The molecule has 0 saturated heterocycles. The summed E-state index contributed by atoms with van der Waals surface area (Å²) in [4.78, 5) is 4.07. The van der Waals surface area contributed by atoms with E-state index in [0.717, 1.165) is 12.1 Å². The maximum Gasteiger partial charge on any atom is 0.140 e. The van der Waals surface area contributed by atoms with Gasteiger partial charge in [-0.15, -0.1) is 0 Å². The molecule has 0 bridgehead atoms. The molecule has 0 aromatic carbocycles. The normalized spacial score (nSPS) is 13.8. The predicted octanol–water partition coefficient (Wildman–Crippen LogP) is 1.00. The Labute approximate surface area is 95.4 Å². The number of aromatic nitrogens is 1. The van der Waals surface area contributed by atoms with Gasteiger partial charge in [0, 0.05) is 31.4 Å². The van der Waals surface area contributed by atoms with Crippen LogP contribution in [0.25, 0.3) is 0 Å². The molecule has 0 saturated carbocycles. The van der Waals surface area contributed by atoms with Crippen molar-refractivity contribution in [3.05, 3.63) is 29.6 Å². The van der Waals surface area contributed by atoms with Gasteiger partial charge in [0.1, 0.15) is 5.84 Å².